The Bertz CT molecular complexity index is 920. The average molecular weight is 358 g/mol. The number of fused-ring (bicyclic) bond motifs is 1. The average Bonchev–Trinajstić information content (AvgIpc) is 3.10. The van der Waals surface area contributed by atoms with Crippen LogP contribution < -0.4 is 4.74 Å². The van der Waals surface area contributed by atoms with Gasteiger partial charge in [-0.2, -0.15) is 0 Å². The maximum absolute atomic E-state index is 10.6. The van der Waals surface area contributed by atoms with Crippen LogP contribution in [0.15, 0.2) is 60.2 Å². The first-order valence-electron chi connectivity index (χ1n) is 9.85. The second-order valence-electron chi connectivity index (χ2n) is 7.72. The van der Waals surface area contributed by atoms with Crippen LogP contribution in [0, 0.1) is 5.92 Å². The summed E-state index contributed by atoms with van der Waals surface area (Å²) >= 11 is 0. The Morgan fingerprint density at radius 3 is 2.89 bits per heavy atom. The molecule has 2 unspecified atom stereocenters. The number of carbonyl (C=O) groups excluding carboxylic acids is 1. The molecule has 0 amide bonds. The zero-order chi connectivity index (χ0) is 18.8. The van der Waals surface area contributed by atoms with E-state index < -0.39 is 0 Å². The van der Waals surface area contributed by atoms with Crippen LogP contribution in [0.1, 0.15) is 55.0 Å². The Labute approximate surface area is 161 Å². The Morgan fingerprint density at radius 1 is 1.19 bits per heavy atom. The van der Waals surface area contributed by atoms with Crippen LogP contribution in [0.25, 0.3) is 5.57 Å². The van der Waals surface area contributed by atoms with Gasteiger partial charge in [0.2, 0.25) is 0 Å². The Morgan fingerprint density at radius 2 is 2.07 bits per heavy atom. The lowest BCUT2D eigenvalue weighted by Gasteiger charge is -2.22. The monoisotopic (exact) mass is 358 g/mol. The highest BCUT2D eigenvalue weighted by Gasteiger charge is 2.25. The van der Waals surface area contributed by atoms with E-state index in [1.54, 1.807) is 0 Å². The van der Waals surface area contributed by atoms with Gasteiger partial charge in [-0.05, 0) is 71.2 Å². The lowest BCUT2D eigenvalue weighted by molar-refractivity contribution is -0.107. The number of carbonyl (C=O) groups is 1. The topological polar surface area (TPSA) is 26.3 Å². The molecule has 2 aromatic carbocycles. The zero-order valence-corrected chi connectivity index (χ0v) is 16.1. The fourth-order valence-corrected chi connectivity index (χ4v) is 4.33. The van der Waals surface area contributed by atoms with Gasteiger partial charge in [0.05, 0.1) is 0 Å². The second kappa shape index (κ2) is 7.56. The normalized spacial score (nSPS) is 21.1. The third-order valence-corrected chi connectivity index (χ3v) is 5.69. The number of hydrogen-bond donors (Lipinski definition) is 0. The Hall–Kier alpha value is -2.61. The van der Waals surface area contributed by atoms with E-state index in [9.17, 15) is 4.79 Å². The highest BCUT2D eigenvalue weighted by Crippen LogP contribution is 2.39. The van der Waals surface area contributed by atoms with Crippen molar-refractivity contribution in [1.29, 1.82) is 0 Å². The molecular weight excluding hydrogens is 332 g/mol. The Kier molecular flexibility index (Phi) is 4.98. The number of ether oxygens (including phenoxy) is 1. The number of aldehydes is 1. The molecule has 138 valence electrons. The highest BCUT2D eigenvalue weighted by molar-refractivity contribution is 5.73. The molecule has 4 rings (SSSR count). The summed E-state index contributed by atoms with van der Waals surface area (Å²) in [5.74, 6) is 1.52. The minimum absolute atomic E-state index is 0.0663. The third-order valence-electron chi connectivity index (χ3n) is 5.69. The summed E-state index contributed by atoms with van der Waals surface area (Å²) in [4.78, 5) is 10.6. The summed E-state index contributed by atoms with van der Waals surface area (Å²) in [6, 6.07) is 15.2. The summed E-state index contributed by atoms with van der Waals surface area (Å²) < 4.78 is 6.25. The van der Waals surface area contributed by atoms with Gasteiger partial charge in [-0.3, -0.25) is 0 Å². The van der Waals surface area contributed by atoms with Gasteiger partial charge < -0.3 is 9.53 Å². The lowest BCUT2D eigenvalue weighted by atomic mass is 9.83. The molecule has 0 fully saturated rings. The van der Waals surface area contributed by atoms with Gasteiger partial charge in [-0.1, -0.05) is 49.4 Å². The summed E-state index contributed by atoms with van der Waals surface area (Å²) in [7, 11) is 0. The molecule has 2 aliphatic rings. The minimum atomic E-state index is 0.0663. The zero-order valence-electron chi connectivity index (χ0n) is 16.1. The quantitative estimate of drug-likeness (QED) is 0.625. The molecule has 2 aromatic rings. The van der Waals surface area contributed by atoms with Crippen LogP contribution >= 0.6 is 0 Å². The highest BCUT2D eigenvalue weighted by atomic mass is 16.5. The lowest BCUT2D eigenvalue weighted by Crippen LogP contribution is -2.07. The van der Waals surface area contributed by atoms with Gasteiger partial charge in [0.25, 0.3) is 0 Å². The van der Waals surface area contributed by atoms with Gasteiger partial charge in [0.1, 0.15) is 18.1 Å². The molecule has 0 saturated carbocycles. The van der Waals surface area contributed by atoms with Crippen molar-refractivity contribution >= 4 is 11.9 Å². The summed E-state index contributed by atoms with van der Waals surface area (Å²) in [5.41, 5.74) is 7.82. The number of allylic oxidation sites excluding steroid dienone is 4. The predicted octanol–water partition coefficient (Wildman–Crippen LogP) is 5.86. The SMILES string of the molecule is CC1=C(c2cccc(C3Cc4cc(CCC=O)ccc4O3)c2)C(C)CC=C1. The number of rotatable bonds is 5. The van der Waals surface area contributed by atoms with E-state index in [-0.39, 0.29) is 6.10 Å². The van der Waals surface area contributed by atoms with Crippen molar-refractivity contribution < 1.29 is 9.53 Å². The van der Waals surface area contributed by atoms with Crippen LogP contribution in [-0.2, 0) is 17.6 Å². The van der Waals surface area contributed by atoms with E-state index in [1.807, 2.05) is 0 Å². The molecule has 2 heteroatoms. The molecule has 1 aliphatic carbocycles. The first-order chi connectivity index (χ1) is 13.2. The molecule has 0 saturated heterocycles. The van der Waals surface area contributed by atoms with Crippen LogP contribution in [0.2, 0.25) is 0 Å². The van der Waals surface area contributed by atoms with Gasteiger partial charge in [-0.15, -0.1) is 0 Å². The van der Waals surface area contributed by atoms with E-state index in [1.165, 1.54) is 33.4 Å². The first-order valence-corrected chi connectivity index (χ1v) is 9.85. The molecular formula is C25H26O2. The largest absolute Gasteiger partial charge is 0.485 e. The Balaban J connectivity index is 1.58. The standard InChI is InChI=1S/C25H26O2/c1-17-6-3-7-18(2)25(17)21-10-4-9-20(15-21)24-16-22-14-19(8-5-13-26)11-12-23(22)27-24/h3-4,6,9-15,18,24H,5,7-8,16H2,1-2H3. The minimum Gasteiger partial charge on any atom is -0.485 e. The molecule has 1 heterocycles. The van der Waals surface area contributed by atoms with Gasteiger partial charge in [0.15, 0.2) is 0 Å². The van der Waals surface area contributed by atoms with Crippen molar-refractivity contribution in [2.24, 2.45) is 5.92 Å². The van der Waals surface area contributed by atoms with E-state index in [0.717, 1.165) is 31.3 Å². The fourth-order valence-electron chi connectivity index (χ4n) is 4.33. The fraction of sp³-hybridized carbons (Fsp3) is 0.320. The summed E-state index contributed by atoms with van der Waals surface area (Å²) in [6.07, 6.45) is 8.93. The molecule has 0 N–H and O–H groups in total. The smallest absolute Gasteiger partial charge is 0.128 e. The molecule has 0 radical (unpaired) electrons. The summed E-state index contributed by atoms with van der Waals surface area (Å²) in [6.45, 7) is 4.51. The summed E-state index contributed by atoms with van der Waals surface area (Å²) in [5, 5.41) is 0. The van der Waals surface area contributed by atoms with Crippen molar-refractivity contribution in [2.75, 3.05) is 0 Å². The second-order valence-corrected chi connectivity index (χ2v) is 7.72. The molecule has 1 aliphatic heterocycles. The van der Waals surface area contributed by atoms with Crippen LogP contribution in [0.5, 0.6) is 5.75 Å². The first kappa shape index (κ1) is 17.8. The van der Waals surface area contributed by atoms with Crippen molar-refractivity contribution in [2.45, 2.75) is 45.6 Å². The third kappa shape index (κ3) is 3.62. The van der Waals surface area contributed by atoms with Crippen molar-refractivity contribution in [3.05, 3.63) is 82.4 Å². The van der Waals surface area contributed by atoms with Gasteiger partial charge in [-0.25, -0.2) is 0 Å². The molecule has 27 heavy (non-hydrogen) atoms. The van der Waals surface area contributed by atoms with Crippen LogP contribution in [0.3, 0.4) is 0 Å². The van der Waals surface area contributed by atoms with E-state index in [2.05, 4.69) is 68.5 Å². The van der Waals surface area contributed by atoms with Gasteiger partial charge in [0, 0.05) is 12.8 Å². The number of hydrogen-bond acceptors (Lipinski definition) is 2. The maximum atomic E-state index is 10.6. The van der Waals surface area contributed by atoms with Gasteiger partial charge >= 0.3 is 0 Å². The van der Waals surface area contributed by atoms with E-state index in [0.29, 0.717) is 12.3 Å². The van der Waals surface area contributed by atoms with Crippen molar-refractivity contribution in [1.82, 2.24) is 0 Å². The van der Waals surface area contributed by atoms with Crippen LogP contribution in [0.4, 0.5) is 0 Å². The molecule has 0 bridgehead atoms. The van der Waals surface area contributed by atoms with E-state index >= 15 is 0 Å². The van der Waals surface area contributed by atoms with Crippen molar-refractivity contribution in [3.8, 4) is 5.75 Å². The number of benzene rings is 2. The predicted molar refractivity (Wildman–Crippen MR) is 110 cm³/mol. The molecule has 0 aromatic heterocycles. The number of aryl methyl sites for hydroxylation is 1. The van der Waals surface area contributed by atoms with E-state index in [4.69, 9.17) is 4.74 Å². The van der Waals surface area contributed by atoms with Crippen LogP contribution in [-0.4, -0.2) is 6.29 Å². The van der Waals surface area contributed by atoms with Crippen molar-refractivity contribution in [3.63, 3.8) is 0 Å². The molecule has 2 nitrogen and oxygen atoms in total. The maximum Gasteiger partial charge on any atom is 0.128 e. The molecule has 2 atom stereocenters. The molecule has 0 spiro atoms.